The second-order valence-corrected chi connectivity index (χ2v) is 5.85. The summed E-state index contributed by atoms with van der Waals surface area (Å²) >= 11 is 0. The Balaban J connectivity index is 1.90. The van der Waals surface area contributed by atoms with Gasteiger partial charge in [-0.25, -0.2) is 0 Å². The highest BCUT2D eigenvalue weighted by atomic mass is 14.7. The van der Waals surface area contributed by atoms with Crippen LogP contribution in [0.3, 0.4) is 0 Å². The van der Waals surface area contributed by atoms with Crippen molar-refractivity contribution in [3.63, 3.8) is 0 Å². The van der Waals surface area contributed by atoms with Crippen LogP contribution >= 0.6 is 0 Å². The van der Waals surface area contributed by atoms with Crippen LogP contribution in [-0.4, -0.2) is 9.97 Å². The van der Waals surface area contributed by atoms with Crippen LogP contribution < -0.4 is 5.73 Å². The highest BCUT2D eigenvalue weighted by Gasteiger charge is 2.08. The number of aromatic nitrogens is 2. The number of rotatable bonds is 3. The minimum atomic E-state index is 0.759. The molecule has 4 aromatic rings. The monoisotopic (exact) mass is 323 g/mol. The normalized spacial score (nSPS) is 10.6. The zero-order valence-corrected chi connectivity index (χ0v) is 13.6. The van der Waals surface area contributed by atoms with Gasteiger partial charge >= 0.3 is 0 Å². The standard InChI is InChI=1S/C22H17N3/c23-20-9-7-16(8-10-20)17-13-18(21-5-1-3-11-24-21)15-19(14-17)22-6-2-4-12-25-22/h1-15H,23H2. The molecule has 0 bridgehead atoms. The molecule has 0 aliphatic carbocycles. The summed E-state index contributed by atoms with van der Waals surface area (Å²) in [6.45, 7) is 0. The van der Waals surface area contributed by atoms with E-state index in [2.05, 4.69) is 28.2 Å². The Kier molecular flexibility index (Phi) is 3.97. The summed E-state index contributed by atoms with van der Waals surface area (Å²) in [5.74, 6) is 0. The van der Waals surface area contributed by atoms with Crippen LogP contribution in [0.4, 0.5) is 5.69 Å². The number of anilines is 1. The van der Waals surface area contributed by atoms with Crippen LogP contribution in [0.1, 0.15) is 0 Å². The lowest BCUT2D eigenvalue weighted by Crippen LogP contribution is -1.89. The Bertz CT molecular complexity index is 921. The predicted molar refractivity (Wildman–Crippen MR) is 103 cm³/mol. The van der Waals surface area contributed by atoms with Crippen molar-refractivity contribution < 1.29 is 0 Å². The summed E-state index contributed by atoms with van der Waals surface area (Å²) in [4.78, 5) is 8.98. The van der Waals surface area contributed by atoms with E-state index in [1.165, 1.54) is 0 Å². The van der Waals surface area contributed by atoms with Crippen molar-refractivity contribution in [3.8, 4) is 33.6 Å². The third-order valence-electron chi connectivity index (χ3n) is 4.10. The molecule has 4 rings (SSSR count). The fourth-order valence-electron chi connectivity index (χ4n) is 2.83. The van der Waals surface area contributed by atoms with E-state index >= 15 is 0 Å². The summed E-state index contributed by atoms with van der Waals surface area (Å²) in [6, 6.07) is 26.2. The van der Waals surface area contributed by atoms with Gasteiger partial charge in [-0.15, -0.1) is 0 Å². The zero-order valence-electron chi connectivity index (χ0n) is 13.6. The summed E-state index contributed by atoms with van der Waals surface area (Å²) in [5.41, 5.74) is 12.8. The van der Waals surface area contributed by atoms with E-state index in [-0.39, 0.29) is 0 Å². The van der Waals surface area contributed by atoms with Gasteiger partial charge in [-0.1, -0.05) is 24.3 Å². The number of nitrogen functional groups attached to an aromatic ring is 1. The van der Waals surface area contributed by atoms with Crippen LogP contribution in [0.2, 0.25) is 0 Å². The molecular formula is C22H17N3. The molecule has 0 amide bonds. The fraction of sp³-hybridized carbons (Fsp3) is 0. The van der Waals surface area contributed by atoms with E-state index in [1.54, 1.807) is 0 Å². The molecule has 2 N–H and O–H groups in total. The lowest BCUT2D eigenvalue weighted by Gasteiger charge is -2.10. The molecule has 2 aromatic carbocycles. The second kappa shape index (κ2) is 6.57. The molecule has 3 nitrogen and oxygen atoms in total. The first-order valence-electron chi connectivity index (χ1n) is 8.13. The van der Waals surface area contributed by atoms with Crippen molar-refractivity contribution in [2.75, 3.05) is 5.73 Å². The summed E-state index contributed by atoms with van der Waals surface area (Å²) < 4.78 is 0. The number of hydrogen-bond donors (Lipinski definition) is 1. The van der Waals surface area contributed by atoms with Crippen LogP contribution in [0.25, 0.3) is 33.6 Å². The molecule has 25 heavy (non-hydrogen) atoms. The van der Waals surface area contributed by atoms with E-state index < -0.39 is 0 Å². The average Bonchev–Trinajstić information content (AvgIpc) is 2.69. The Morgan fingerprint density at radius 1 is 0.520 bits per heavy atom. The highest BCUT2D eigenvalue weighted by Crippen LogP contribution is 2.31. The average molecular weight is 323 g/mol. The second-order valence-electron chi connectivity index (χ2n) is 5.85. The largest absolute Gasteiger partial charge is 0.399 e. The molecule has 0 fully saturated rings. The number of hydrogen-bond acceptors (Lipinski definition) is 3. The summed E-state index contributed by atoms with van der Waals surface area (Å²) in [6.07, 6.45) is 3.62. The van der Waals surface area contributed by atoms with E-state index in [1.807, 2.05) is 73.1 Å². The SMILES string of the molecule is Nc1ccc(-c2cc(-c3ccccn3)cc(-c3ccccn3)c2)cc1. The van der Waals surface area contributed by atoms with Gasteiger partial charge in [0.15, 0.2) is 0 Å². The van der Waals surface area contributed by atoms with Gasteiger partial charge in [-0.3, -0.25) is 9.97 Å². The summed E-state index contributed by atoms with van der Waals surface area (Å²) in [7, 11) is 0. The molecule has 0 aliphatic heterocycles. The van der Waals surface area contributed by atoms with Crippen LogP contribution in [0.5, 0.6) is 0 Å². The zero-order chi connectivity index (χ0) is 17.1. The molecule has 0 atom stereocenters. The first-order valence-corrected chi connectivity index (χ1v) is 8.13. The fourth-order valence-corrected chi connectivity index (χ4v) is 2.83. The van der Waals surface area contributed by atoms with Crippen LogP contribution in [-0.2, 0) is 0 Å². The first-order chi connectivity index (χ1) is 12.3. The predicted octanol–water partition coefficient (Wildman–Crippen LogP) is 5.06. The minimum Gasteiger partial charge on any atom is -0.399 e. The molecule has 0 aliphatic rings. The van der Waals surface area contributed by atoms with Gasteiger partial charge in [0, 0.05) is 29.2 Å². The number of nitrogens with zero attached hydrogens (tertiary/aromatic N) is 2. The molecule has 0 radical (unpaired) electrons. The number of nitrogens with two attached hydrogens (primary N) is 1. The van der Waals surface area contributed by atoms with Gasteiger partial charge in [0.25, 0.3) is 0 Å². The van der Waals surface area contributed by atoms with Crippen molar-refractivity contribution in [1.82, 2.24) is 9.97 Å². The van der Waals surface area contributed by atoms with Gasteiger partial charge in [-0.2, -0.15) is 0 Å². The molecule has 0 spiro atoms. The maximum absolute atomic E-state index is 5.83. The van der Waals surface area contributed by atoms with Gasteiger partial charge in [-0.05, 0) is 65.7 Å². The molecular weight excluding hydrogens is 306 g/mol. The van der Waals surface area contributed by atoms with Crippen LogP contribution in [0.15, 0.2) is 91.3 Å². The highest BCUT2D eigenvalue weighted by molar-refractivity contribution is 5.79. The lowest BCUT2D eigenvalue weighted by molar-refractivity contribution is 1.31. The Hall–Kier alpha value is -3.46. The third kappa shape index (κ3) is 3.26. The van der Waals surface area contributed by atoms with Crippen molar-refractivity contribution in [3.05, 3.63) is 91.3 Å². The van der Waals surface area contributed by atoms with Gasteiger partial charge in [0.05, 0.1) is 11.4 Å². The van der Waals surface area contributed by atoms with Gasteiger partial charge in [0.1, 0.15) is 0 Å². The topological polar surface area (TPSA) is 51.8 Å². The van der Waals surface area contributed by atoms with Crippen molar-refractivity contribution in [1.29, 1.82) is 0 Å². The Morgan fingerprint density at radius 2 is 1.04 bits per heavy atom. The molecule has 0 unspecified atom stereocenters. The maximum Gasteiger partial charge on any atom is 0.0702 e. The lowest BCUT2D eigenvalue weighted by atomic mass is 9.96. The van der Waals surface area contributed by atoms with E-state index in [0.29, 0.717) is 0 Å². The van der Waals surface area contributed by atoms with E-state index in [9.17, 15) is 0 Å². The molecule has 2 aromatic heterocycles. The number of pyridine rings is 2. The number of benzene rings is 2. The van der Waals surface area contributed by atoms with E-state index in [0.717, 1.165) is 39.3 Å². The quantitative estimate of drug-likeness (QED) is 0.536. The molecule has 2 heterocycles. The van der Waals surface area contributed by atoms with Crippen LogP contribution in [0, 0.1) is 0 Å². The third-order valence-corrected chi connectivity index (χ3v) is 4.10. The molecule has 0 saturated carbocycles. The minimum absolute atomic E-state index is 0.759. The smallest absolute Gasteiger partial charge is 0.0702 e. The van der Waals surface area contributed by atoms with Crippen molar-refractivity contribution in [2.45, 2.75) is 0 Å². The first kappa shape index (κ1) is 15.1. The molecule has 0 saturated heterocycles. The van der Waals surface area contributed by atoms with E-state index in [4.69, 9.17) is 5.73 Å². The molecule has 120 valence electrons. The Morgan fingerprint density at radius 3 is 1.52 bits per heavy atom. The van der Waals surface area contributed by atoms with Gasteiger partial charge < -0.3 is 5.73 Å². The maximum atomic E-state index is 5.83. The Labute approximate surface area is 146 Å². The molecule has 3 heteroatoms. The van der Waals surface area contributed by atoms with Gasteiger partial charge in [0.2, 0.25) is 0 Å². The van der Waals surface area contributed by atoms with Crippen molar-refractivity contribution in [2.24, 2.45) is 0 Å². The summed E-state index contributed by atoms with van der Waals surface area (Å²) in [5, 5.41) is 0. The van der Waals surface area contributed by atoms with Crippen molar-refractivity contribution >= 4 is 5.69 Å².